The number of rotatable bonds is 3. The molecular weight excluding hydrogens is 224 g/mol. The zero-order chi connectivity index (χ0) is 13.0. The molecule has 1 aromatic carbocycles. The van der Waals surface area contributed by atoms with Gasteiger partial charge in [-0.3, -0.25) is 4.79 Å². The molecule has 1 aliphatic heterocycles. The van der Waals surface area contributed by atoms with E-state index < -0.39 is 0 Å². The predicted octanol–water partition coefficient (Wildman–Crippen LogP) is 2.17. The monoisotopic (exact) mass is 246 g/mol. The largest absolute Gasteiger partial charge is 0.349 e. The van der Waals surface area contributed by atoms with Gasteiger partial charge in [0.2, 0.25) is 5.91 Å². The average molecular weight is 246 g/mol. The van der Waals surface area contributed by atoms with Gasteiger partial charge in [0.25, 0.3) is 0 Å². The minimum Gasteiger partial charge on any atom is -0.349 e. The number of amides is 1. The first-order valence-corrected chi connectivity index (χ1v) is 6.75. The van der Waals surface area contributed by atoms with E-state index in [2.05, 4.69) is 36.6 Å². The van der Waals surface area contributed by atoms with Crippen LogP contribution in [0.3, 0.4) is 0 Å². The van der Waals surface area contributed by atoms with Gasteiger partial charge in [-0.1, -0.05) is 24.3 Å². The highest BCUT2D eigenvalue weighted by atomic mass is 16.1. The van der Waals surface area contributed by atoms with E-state index >= 15 is 0 Å². The lowest BCUT2D eigenvalue weighted by molar-refractivity contribution is -0.126. The van der Waals surface area contributed by atoms with Crippen LogP contribution in [-0.2, 0) is 4.79 Å². The minimum absolute atomic E-state index is 0.0839. The first kappa shape index (κ1) is 13.1. The van der Waals surface area contributed by atoms with E-state index in [1.807, 2.05) is 12.1 Å². The van der Waals surface area contributed by atoms with Gasteiger partial charge in [-0.25, -0.2) is 0 Å². The van der Waals surface area contributed by atoms with Crippen molar-refractivity contribution in [3.8, 4) is 0 Å². The van der Waals surface area contributed by atoms with Crippen LogP contribution in [0.25, 0.3) is 0 Å². The smallest absolute Gasteiger partial charge is 0.224 e. The lowest BCUT2D eigenvalue weighted by Crippen LogP contribution is -2.41. The average Bonchev–Trinajstić information content (AvgIpc) is 2.40. The lowest BCUT2D eigenvalue weighted by Gasteiger charge is -2.24. The van der Waals surface area contributed by atoms with Crippen LogP contribution in [0.2, 0.25) is 0 Å². The highest BCUT2D eigenvalue weighted by Gasteiger charge is 2.22. The molecule has 0 unspecified atom stereocenters. The van der Waals surface area contributed by atoms with Crippen LogP contribution < -0.4 is 10.6 Å². The van der Waals surface area contributed by atoms with Gasteiger partial charge in [0.1, 0.15) is 0 Å². The molecule has 0 aliphatic carbocycles. The molecule has 3 nitrogen and oxygen atoms in total. The van der Waals surface area contributed by atoms with Crippen LogP contribution in [0.15, 0.2) is 24.3 Å². The molecule has 1 amide bonds. The Hall–Kier alpha value is -1.35. The third-order valence-corrected chi connectivity index (χ3v) is 3.68. The van der Waals surface area contributed by atoms with Crippen molar-refractivity contribution < 1.29 is 4.79 Å². The molecule has 0 radical (unpaired) electrons. The normalized spacial score (nSPS) is 21.3. The predicted molar refractivity (Wildman–Crippen MR) is 73.3 cm³/mol. The summed E-state index contributed by atoms with van der Waals surface area (Å²) in [6.45, 7) is 5.99. The first-order chi connectivity index (χ1) is 8.68. The summed E-state index contributed by atoms with van der Waals surface area (Å²) in [7, 11) is 0. The van der Waals surface area contributed by atoms with Gasteiger partial charge in [0.15, 0.2) is 0 Å². The highest BCUT2D eigenvalue weighted by molar-refractivity contribution is 5.79. The summed E-state index contributed by atoms with van der Waals surface area (Å²) in [5, 5.41) is 6.41. The molecule has 98 valence electrons. The third kappa shape index (κ3) is 3.10. The lowest BCUT2D eigenvalue weighted by atomic mass is 9.97. The summed E-state index contributed by atoms with van der Waals surface area (Å²) in [6.07, 6.45) is 2.09. The Morgan fingerprint density at radius 2 is 2.22 bits per heavy atom. The molecule has 3 heteroatoms. The molecular formula is C15H22N2O. The second-order valence-corrected chi connectivity index (χ2v) is 5.13. The Bertz CT molecular complexity index is 411. The van der Waals surface area contributed by atoms with E-state index in [0.29, 0.717) is 0 Å². The van der Waals surface area contributed by atoms with Crippen LogP contribution in [0.5, 0.6) is 0 Å². The van der Waals surface area contributed by atoms with E-state index in [1.165, 1.54) is 11.1 Å². The molecule has 2 atom stereocenters. The van der Waals surface area contributed by atoms with Gasteiger partial charge >= 0.3 is 0 Å². The topological polar surface area (TPSA) is 41.1 Å². The first-order valence-electron chi connectivity index (χ1n) is 6.75. The zero-order valence-electron chi connectivity index (χ0n) is 11.2. The molecule has 2 rings (SSSR count). The summed E-state index contributed by atoms with van der Waals surface area (Å²) in [4.78, 5) is 12.1. The number of hydrogen-bond acceptors (Lipinski definition) is 2. The highest BCUT2D eigenvalue weighted by Crippen LogP contribution is 2.18. The van der Waals surface area contributed by atoms with E-state index in [4.69, 9.17) is 0 Å². The second kappa shape index (κ2) is 6.01. The molecule has 1 aromatic rings. The van der Waals surface area contributed by atoms with Crippen molar-refractivity contribution in [3.05, 3.63) is 35.4 Å². The Labute approximate surface area is 109 Å². The molecule has 0 spiro atoms. The van der Waals surface area contributed by atoms with Crippen molar-refractivity contribution in [3.63, 3.8) is 0 Å². The summed E-state index contributed by atoms with van der Waals surface area (Å²) in [5.74, 6) is 0.308. The molecule has 18 heavy (non-hydrogen) atoms. The van der Waals surface area contributed by atoms with E-state index in [0.717, 1.165) is 25.9 Å². The van der Waals surface area contributed by atoms with Crippen LogP contribution in [0, 0.1) is 12.8 Å². The van der Waals surface area contributed by atoms with Crippen LogP contribution in [0.4, 0.5) is 0 Å². The van der Waals surface area contributed by atoms with Gasteiger partial charge in [-0.15, -0.1) is 0 Å². The van der Waals surface area contributed by atoms with Crippen molar-refractivity contribution in [2.45, 2.75) is 32.7 Å². The van der Waals surface area contributed by atoms with Crippen molar-refractivity contribution >= 4 is 5.91 Å². The molecule has 0 aromatic heterocycles. The third-order valence-electron chi connectivity index (χ3n) is 3.68. The van der Waals surface area contributed by atoms with Crippen molar-refractivity contribution in [2.24, 2.45) is 5.92 Å². The van der Waals surface area contributed by atoms with Gasteiger partial charge in [-0.05, 0) is 44.4 Å². The fourth-order valence-corrected chi connectivity index (χ4v) is 2.56. The fraction of sp³-hybridized carbons (Fsp3) is 0.533. The number of piperidine rings is 1. The molecule has 1 fully saturated rings. The van der Waals surface area contributed by atoms with E-state index in [9.17, 15) is 4.79 Å². The maximum atomic E-state index is 12.1. The molecule has 2 N–H and O–H groups in total. The molecule has 1 heterocycles. The second-order valence-electron chi connectivity index (χ2n) is 5.13. The van der Waals surface area contributed by atoms with Crippen LogP contribution >= 0.6 is 0 Å². The van der Waals surface area contributed by atoms with E-state index in [-0.39, 0.29) is 17.9 Å². The molecule has 1 saturated heterocycles. The van der Waals surface area contributed by atoms with E-state index in [1.54, 1.807) is 0 Å². The maximum absolute atomic E-state index is 12.1. The van der Waals surface area contributed by atoms with Gasteiger partial charge in [0.05, 0.1) is 12.0 Å². The minimum atomic E-state index is 0.0839. The number of benzene rings is 1. The summed E-state index contributed by atoms with van der Waals surface area (Å²) >= 11 is 0. The summed E-state index contributed by atoms with van der Waals surface area (Å²) in [6, 6.07) is 8.30. The van der Waals surface area contributed by atoms with Crippen molar-refractivity contribution in [1.29, 1.82) is 0 Å². The number of hydrogen-bond donors (Lipinski definition) is 2. The number of carbonyl (C=O) groups is 1. The fourth-order valence-electron chi connectivity index (χ4n) is 2.56. The Kier molecular flexibility index (Phi) is 4.37. The van der Waals surface area contributed by atoms with Crippen LogP contribution in [0.1, 0.15) is 36.9 Å². The summed E-state index contributed by atoms with van der Waals surface area (Å²) in [5.41, 5.74) is 2.43. The zero-order valence-corrected chi connectivity index (χ0v) is 11.2. The van der Waals surface area contributed by atoms with Crippen molar-refractivity contribution in [1.82, 2.24) is 10.6 Å². The maximum Gasteiger partial charge on any atom is 0.224 e. The van der Waals surface area contributed by atoms with Gasteiger partial charge in [0, 0.05) is 6.54 Å². The number of nitrogens with one attached hydrogen (secondary N) is 2. The van der Waals surface area contributed by atoms with Gasteiger partial charge < -0.3 is 10.6 Å². The Morgan fingerprint density at radius 3 is 2.89 bits per heavy atom. The molecule has 1 aliphatic rings. The Balaban J connectivity index is 1.96. The SMILES string of the molecule is Cc1ccccc1[C@H](C)NC(=O)[C@H]1CCCNC1. The Morgan fingerprint density at radius 1 is 1.44 bits per heavy atom. The molecule has 0 bridgehead atoms. The number of aryl methyl sites for hydroxylation is 1. The van der Waals surface area contributed by atoms with Crippen LogP contribution in [-0.4, -0.2) is 19.0 Å². The number of carbonyl (C=O) groups excluding carboxylic acids is 1. The summed E-state index contributed by atoms with van der Waals surface area (Å²) < 4.78 is 0. The quantitative estimate of drug-likeness (QED) is 0.858. The standard InChI is InChI=1S/C15H22N2O/c1-11-6-3-4-8-14(11)12(2)17-15(18)13-7-5-9-16-10-13/h3-4,6,8,12-13,16H,5,7,9-10H2,1-2H3,(H,17,18)/t12-,13-/m0/s1. The van der Waals surface area contributed by atoms with Crippen molar-refractivity contribution in [2.75, 3.05) is 13.1 Å². The molecule has 0 saturated carbocycles. The van der Waals surface area contributed by atoms with Gasteiger partial charge in [-0.2, -0.15) is 0 Å².